The summed E-state index contributed by atoms with van der Waals surface area (Å²) in [6, 6.07) is 13.6. The van der Waals surface area contributed by atoms with Gasteiger partial charge in [-0.15, -0.1) is 0 Å². The van der Waals surface area contributed by atoms with Crippen LogP contribution in [0.25, 0.3) is 0 Å². The van der Waals surface area contributed by atoms with Gasteiger partial charge in [0.25, 0.3) is 5.91 Å². The van der Waals surface area contributed by atoms with Crippen molar-refractivity contribution in [2.45, 2.75) is 6.92 Å². The van der Waals surface area contributed by atoms with E-state index in [-0.39, 0.29) is 5.91 Å². The van der Waals surface area contributed by atoms with Gasteiger partial charge in [0, 0.05) is 11.8 Å². The van der Waals surface area contributed by atoms with Gasteiger partial charge in [-0.05, 0) is 31.2 Å². The fraction of sp³-hybridized carbons (Fsp3) is 0.150. The molecule has 0 aliphatic heterocycles. The first-order valence-electron chi connectivity index (χ1n) is 8.64. The van der Waals surface area contributed by atoms with Crippen molar-refractivity contribution in [3.05, 3.63) is 59.1 Å². The first kappa shape index (κ1) is 20.2. The van der Waals surface area contributed by atoms with Crippen molar-refractivity contribution >= 4 is 39.8 Å². The Hall–Kier alpha value is -3.59. The molecule has 0 fully saturated rings. The maximum Gasteiger partial charge on any atom is 0.325 e. The molecule has 3 N–H and O–H groups in total. The van der Waals surface area contributed by atoms with Gasteiger partial charge in [0.15, 0.2) is 5.13 Å². The van der Waals surface area contributed by atoms with Gasteiger partial charge in [-0.2, -0.15) is 0 Å². The lowest BCUT2D eigenvalue weighted by Crippen LogP contribution is -2.19. The van der Waals surface area contributed by atoms with Gasteiger partial charge in [0.05, 0.1) is 25.6 Å². The van der Waals surface area contributed by atoms with Crippen molar-refractivity contribution in [1.29, 1.82) is 0 Å². The Kier molecular flexibility index (Phi) is 6.30. The summed E-state index contributed by atoms with van der Waals surface area (Å²) in [5.74, 6) is 0.863. The molecule has 0 saturated heterocycles. The number of carbonyl (C=O) groups is 2. The number of benzene rings is 2. The molecule has 150 valence electrons. The normalized spacial score (nSPS) is 10.2. The summed E-state index contributed by atoms with van der Waals surface area (Å²) in [5.41, 5.74) is 1.64. The summed E-state index contributed by atoms with van der Waals surface area (Å²) in [5, 5.41) is 8.45. The summed E-state index contributed by atoms with van der Waals surface area (Å²) < 4.78 is 10.4. The number of anilines is 3. The predicted octanol–water partition coefficient (Wildman–Crippen LogP) is 4.37. The average Bonchev–Trinajstić information content (AvgIpc) is 3.08. The number of carbonyl (C=O) groups excluding carboxylic acids is 2. The Morgan fingerprint density at radius 2 is 1.76 bits per heavy atom. The van der Waals surface area contributed by atoms with E-state index in [1.165, 1.54) is 7.11 Å². The second kappa shape index (κ2) is 9.07. The van der Waals surface area contributed by atoms with E-state index >= 15 is 0 Å². The molecule has 9 heteroatoms. The molecule has 0 unspecified atom stereocenters. The smallest absolute Gasteiger partial charge is 0.325 e. The lowest BCUT2D eigenvalue weighted by Gasteiger charge is -2.09. The minimum absolute atomic E-state index is 0.311. The monoisotopic (exact) mass is 412 g/mol. The highest BCUT2D eigenvalue weighted by molar-refractivity contribution is 7.17. The van der Waals surface area contributed by atoms with Crippen LogP contribution in [0.3, 0.4) is 0 Å². The van der Waals surface area contributed by atoms with E-state index in [9.17, 15) is 9.59 Å². The van der Waals surface area contributed by atoms with E-state index in [1.807, 2.05) is 0 Å². The molecule has 3 rings (SSSR count). The summed E-state index contributed by atoms with van der Waals surface area (Å²) >= 11 is 1.09. The molecule has 0 aliphatic rings. The van der Waals surface area contributed by atoms with Crippen molar-refractivity contribution in [3.8, 4) is 11.5 Å². The van der Waals surface area contributed by atoms with Gasteiger partial charge in [0.1, 0.15) is 16.4 Å². The van der Waals surface area contributed by atoms with Crippen LogP contribution in [0.5, 0.6) is 11.5 Å². The Morgan fingerprint density at radius 3 is 2.52 bits per heavy atom. The zero-order valence-electron chi connectivity index (χ0n) is 16.1. The molecule has 8 nitrogen and oxygen atoms in total. The molecular weight excluding hydrogens is 392 g/mol. The van der Waals surface area contributed by atoms with Crippen molar-refractivity contribution in [1.82, 2.24) is 4.98 Å². The molecule has 29 heavy (non-hydrogen) atoms. The highest BCUT2D eigenvalue weighted by Gasteiger charge is 2.17. The van der Waals surface area contributed by atoms with Gasteiger partial charge >= 0.3 is 6.03 Å². The third-order valence-electron chi connectivity index (χ3n) is 3.91. The van der Waals surface area contributed by atoms with Crippen LogP contribution < -0.4 is 25.4 Å². The second-order valence-corrected chi connectivity index (χ2v) is 6.90. The number of methoxy groups -OCH3 is 2. The van der Waals surface area contributed by atoms with Gasteiger partial charge in [-0.3, -0.25) is 10.1 Å². The van der Waals surface area contributed by atoms with Crippen molar-refractivity contribution < 1.29 is 19.1 Å². The number of rotatable bonds is 6. The highest BCUT2D eigenvalue weighted by atomic mass is 32.1. The SMILES string of the molecule is COc1cccc(NC(=O)c2sc(NC(=O)Nc3ccccc3OC)nc2C)c1. The highest BCUT2D eigenvalue weighted by Crippen LogP contribution is 2.26. The van der Waals surface area contributed by atoms with Crippen LogP contribution in [0, 0.1) is 6.92 Å². The molecule has 0 aliphatic carbocycles. The predicted molar refractivity (Wildman–Crippen MR) is 113 cm³/mol. The Morgan fingerprint density at radius 1 is 0.966 bits per heavy atom. The van der Waals surface area contributed by atoms with E-state index in [2.05, 4.69) is 20.9 Å². The number of aryl methyl sites for hydroxylation is 1. The van der Waals surface area contributed by atoms with Crippen LogP contribution in [-0.2, 0) is 0 Å². The number of hydrogen-bond donors (Lipinski definition) is 3. The minimum Gasteiger partial charge on any atom is -0.497 e. The number of ether oxygens (including phenoxy) is 2. The fourth-order valence-electron chi connectivity index (χ4n) is 2.55. The lowest BCUT2D eigenvalue weighted by molar-refractivity contribution is 0.103. The van der Waals surface area contributed by atoms with Crippen LogP contribution >= 0.6 is 11.3 Å². The van der Waals surface area contributed by atoms with Gasteiger partial charge in [0.2, 0.25) is 0 Å². The zero-order chi connectivity index (χ0) is 20.8. The molecule has 3 aromatic rings. The van der Waals surface area contributed by atoms with Crippen LogP contribution in [0.4, 0.5) is 21.3 Å². The van der Waals surface area contributed by atoms with Gasteiger partial charge in [-0.1, -0.05) is 29.5 Å². The Bertz CT molecular complexity index is 1030. The van der Waals surface area contributed by atoms with E-state index < -0.39 is 6.03 Å². The van der Waals surface area contributed by atoms with Crippen molar-refractivity contribution in [3.63, 3.8) is 0 Å². The molecular formula is C20H20N4O4S. The molecule has 0 saturated carbocycles. The van der Waals surface area contributed by atoms with E-state index in [4.69, 9.17) is 9.47 Å². The molecule has 1 aromatic heterocycles. The number of para-hydroxylation sites is 2. The standard InChI is InChI=1S/C20H20N4O4S/c1-12-17(18(25)22-13-7-6-8-14(11-13)27-2)29-20(21-12)24-19(26)23-15-9-4-5-10-16(15)28-3/h4-11H,1-3H3,(H,22,25)(H2,21,23,24,26). The van der Waals surface area contributed by atoms with Crippen LogP contribution in [0.1, 0.15) is 15.4 Å². The maximum atomic E-state index is 12.6. The van der Waals surface area contributed by atoms with E-state index in [0.717, 1.165) is 11.3 Å². The van der Waals surface area contributed by atoms with Crippen LogP contribution in [0.2, 0.25) is 0 Å². The number of hydrogen-bond acceptors (Lipinski definition) is 6. The Balaban J connectivity index is 1.67. The number of nitrogens with one attached hydrogen (secondary N) is 3. The largest absolute Gasteiger partial charge is 0.497 e. The first-order valence-corrected chi connectivity index (χ1v) is 9.45. The average molecular weight is 412 g/mol. The van der Waals surface area contributed by atoms with E-state index in [1.54, 1.807) is 62.6 Å². The fourth-order valence-corrected chi connectivity index (χ4v) is 3.40. The topological polar surface area (TPSA) is 102 Å². The molecule has 1 heterocycles. The van der Waals surface area contributed by atoms with Crippen LogP contribution in [-0.4, -0.2) is 31.1 Å². The molecule has 0 atom stereocenters. The quantitative estimate of drug-likeness (QED) is 0.558. The summed E-state index contributed by atoms with van der Waals surface area (Å²) in [6.07, 6.45) is 0. The number of thiazole rings is 1. The number of nitrogens with zero attached hydrogens (tertiary/aromatic N) is 1. The summed E-state index contributed by atoms with van der Waals surface area (Å²) in [7, 11) is 3.08. The summed E-state index contributed by atoms with van der Waals surface area (Å²) in [6.45, 7) is 1.71. The third-order valence-corrected chi connectivity index (χ3v) is 4.98. The second-order valence-electron chi connectivity index (χ2n) is 5.90. The lowest BCUT2D eigenvalue weighted by atomic mass is 10.3. The zero-order valence-corrected chi connectivity index (χ0v) is 16.9. The van der Waals surface area contributed by atoms with Crippen LogP contribution in [0.15, 0.2) is 48.5 Å². The molecule has 3 amide bonds. The van der Waals surface area contributed by atoms with Crippen molar-refractivity contribution in [2.75, 3.05) is 30.2 Å². The Labute approximate surface area is 171 Å². The molecule has 0 radical (unpaired) electrons. The number of aromatic nitrogens is 1. The minimum atomic E-state index is -0.483. The molecule has 0 bridgehead atoms. The van der Waals surface area contributed by atoms with E-state index in [0.29, 0.717) is 38.6 Å². The number of amides is 3. The summed E-state index contributed by atoms with van der Waals surface area (Å²) in [4.78, 5) is 29.5. The molecule has 2 aromatic carbocycles. The number of urea groups is 1. The molecule has 0 spiro atoms. The first-order chi connectivity index (χ1) is 14.0. The van der Waals surface area contributed by atoms with Gasteiger partial charge < -0.3 is 20.1 Å². The maximum absolute atomic E-state index is 12.6. The third kappa shape index (κ3) is 5.02. The van der Waals surface area contributed by atoms with Gasteiger partial charge in [-0.25, -0.2) is 9.78 Å². The van der Waals surface area contributed by atoms with Crippen molar-refractivity contribution in [2.24, 2.45) is 0 Å².